The first-order chi connectivity index (χ1) is 13.4. The normalized spacial score (nSPS) is 23.0. The van der Waals surface area contributed by atoms with Crippen LogP contribution in [0.2, 0.25) is 0 Å². The average molecular weight is 394 g/mol. The van der Waals surface area contributed by atoms with E-state index in [1.54, 1.807) is 24.3 Å². The molecule has 4 rings (SSSR count). The first-order valence-electron chi connectivity index (χ1n) is 9.13. The highest BCUT2D eigenvalue weighted by Crippen LogP contribution is 2.47. The van der Waals surface area contributed by atoms with Crippen LogP contribution >= 0.6 is 0 Å². The van der Waals surface area contributed by atoms with Crippen molar-refractivity contribution in [3.63, 3.8) is 0 Å². The quantitative estimate of drug-likeness (QED) is 0.632. The van der Waals surface area contributed by atoms with Crippen LogP contribution in [-0.4, -0.2) is 44.8 Å². The number of epoxide rings is 2. The van der Waals surface area contributed by atoms with Gasteiger partial charge in [-0.05, 0) is 42.3 Å². The van der Waals surface area contributed by atoms with Gasteiger partial charge in [0.1, 0.15) is 42.3 Å². The van der Waals surface area contributed by atoms with Gasteiger partial charge in [-0.15, -0.1) is 0 Å². The van der Waals surface area contributed by atoms with Crippen LogP contribution in [0.25, 0.3) is 0 Å². The molecule has 2 fully saturated rings. The number of alkyl halides is 3. The van der Waals surface area contributed by atoms with Gasteiger partial charge in [0.15, 0.2) is 0 Å². The molecule has 0 bridgehead atoms. The standard InChI is InChI=1S/C21H21F3O4/c1-20(21(22,23)24,14-4-2-6-16(8-14)25-10-18-12-27-18)15-5-3-7-17(9-15)26-11-19-13-28-19/h2-9,18-19H,10-13H2,1H3. The highest BCUT2D eigenvalue weighted by molar-refractivity contribution is 5.46. The molecule has 2 aromatic carbocycles. The van der Waals surface area contributed by atoms with Gasteiger partial charge in [-0.25, -0.2) is 0 Å². The Bertz CT molecular complexity index is 769. The number of halogens is 3. The third-order valence-electron chi connectivity index (χ3n) is 5.07. The zero-order chi connectivity index (χ0) is 19.8. The molecule has 2 aromatic rings. The van der Waals surface area contributed by atoms with E-state index in [0.717, 1.165) is 0 Å². The molecule has 0 saturated carbocycles. The Kier molecular flexibility index (Phi) is 4.97. The van der Waals surface area contributed by atoms with E-state index in [0.29, 0.717) is 37.9 Å². The molecule has 0 N–H and O–H groups in total. The zero-order valence-electron chi connectivity index (χ0n) is 15.4. The van der Waals surface area contributed by atoms with Gasteiger partial charge in [0, 0.05) is 0 Å². The van der Waals surface area contributed by atoms with Crippen LogP contribution in [0.3, 0.4) is 0 Å². The fraction of sp³-hybridized carbons (Fsp3) is 0.429. The van der Waals surface area contributed by atoms with E-state index in [1.807, 2.05) is 0 Å². The molecule has 0 amide bonds. The van der Waals surface area contributed by atoms with Gasteiger partial charge in [-0.2, -0.15) is 13.2 Å². The summed E-state index contributed by atoms with van der Waals surface area (Å²) < 4.78 is 64.1. The Morgan fingerprint density at radius 1 is 0.857 bits per heavy atom. The van der Waals surface area contributed by atoms with Gasteiger partial charge < -0.3 is 18.9 Å². The molecule has 2 atom stereocenters. The number of hydrogen-bond acceptors (Lipinski definition) is 4. The average Bonchev–Trinajstić information content (AvgIpc) is 3.58. The molecule has 0 aliphatic carbocycles. The molecule has 0 spiro atoms. The largest absolute Gasteiger partial charge is 0.491 e. The number of hydrogen-bond donors (Lipinski definition) is 0. The maximum absolute atomic E-state index is 14.3. The van der Waals surface area contributed by atoms with Gasteiger partial charge in [0.2, 0.25) is 0 Å². The molecule has 0 radical (unpaired) electrons. The molecule has 2 heterocycles. The minimum Gasteiger partial charge on any atom is -0.491 e. The summed E-state index contributed by atoms with van der Waals surface area (Å²) in [4.78, 5) is 0. The summed E-state index contributed by atoms with van der Waals surface area (Å²) in [6.07, 6.45) is -4.45. The van der Waals surface area contributed by atoms with Crippen molar-refractivity contribution in [2.45, 2.75) is 30.7 Å². The summed E-state index contributed by atoms with van der Waals surface area (Å²) >= 11 is 0. The van der Waals surface area contributed by atoms with E-state index >= 15 is 0 Å². The lowest BCUT2D eigenvalue weighted by Gasteiger charge is -2.33. The first-order valence-corrected chi connectivity index (χ1v) is 9.13. The second-order valence-corrected chi connectivity index (χ2v) is 7.21. The van der Waals surface area contributed by atoms with Crippen molar-refractivity contribution in [3.05, 3.63) is 59.7 Å². The molecule has 28 heavy (non-hydrogen) atoms. The first kappa shape index (κ1) is 19.1. The Morgan fingerprint density at radius 3 is 1.64 bits per heavy atom. The predicted molar refractivity (Wildman–Crippen MR) is 95.9 cm³/mol. The van der Waals surface area contributed by atoms with E-state index in [4.69, 9.17) is 18.9 Å². The lowest BCUT2D eigenvalue weighted by molar-refractivity contribution is -0.173. The van der Waals surface area contributed by atoms with Crippen LogP contribution < -0.4 is 9.47 Å². The SMILES string of the molecule is CC(c1cccc(OCC2CO2)c1)(c1cccc(OCC2CO2)c1)C(F)(F)F. The molecule has 150 valence electrons. The van der Waals surface area contributed by atoms with Crippen molar-refractivity contribution in [2.75, 3.05) is 26.4 Å². The third kappa shape index (κ3) is 4.10. The molecular formula is C21H21F3O4. The maximum atomic E-state index is 14.3. The number of benzene rings is 2. The van der Waals surface area contributed by atoms with Gasteiger partial charge in [-0.3, -0.25) is 0 Å². The number of rotatable bonds is 8. The van der Waals surface area contributed by atoms with Crippen LogP contribution in [0.5, 0.6) is 11.5 Å². The minimum absolute atomic E-state index is 0.0296. The lowest BCUT2D eigenvalue weighted by Crippen LogP contribution is -2.40. The van der Waals surface area contributed by atoms with E-state index < -0.39 is 11.6 Å². The molecule has 2 unspecified atom stereocenters. The fourth-order valence-corrected chi connectivity index (χ4v) is 2.99. The molecule has 0 aromatic heterocycles. The second kappa shape index (κ2) is 7.29. The minimum atomic E-state index is -4.51. The predicted octanol–water partition coefficient (Wildman–Crippen LogP) is 4.11. The maximum Gasteiger partial charge on any atom is 0.402 e. The smallest absolute Gasteiger partial charge is 0.402 e. The Morgan fingerprint density at radius 2 is 1.29 bits per heavy atom. The summed E-state index contributed by atoms with van der Waals surface area (Å²) in [6, 6.07) is 12.3. The summed E-state index contributed by atoms with van der Waals surface area (Å²) in [5, 5.41) is 0. The Labute approximate surface area is 161 Å². The topological polar surface area (TPSA) is 43.5 Å². The van der Waals surface area contributed by atoms with Crippen LogP contribution in [0.4, 0.5) is 13.2 Å². The summed E-state index contributed by atoms with van der Waals surface area (Å²) in [5.74, 6) is 0.781. The van der Waals surface area contributed by atoms with Crippen molar-refractivity contribution in [2.24, 2.45) is 0 Å². The van der Waals surface area contributed by atoms with Gasteiger partial charge in [0.05, 0.1) is 13.2 Å². The van der Waals surface area contributed by atoms with E-state index in [2.05, 4.69) is 0 Å². The molecule has 2 aliphatic heterocycles. The summed E-state index contributed by atoms with van der Waals surface area (Å²) in [6.45, 7) is 3.09. The highest BCUT2D eigenvalue weighted by atomic mass is 19.4. The van der Waals surface area contributed by atoms with E-state index in [-0.39, 0.29) is 23.3 Å². The summed E-state index contributed by atoms with van der Waals surface area (Å²) in [5.41, 5.74) is -1.99. The van der Waals surface area contributed by atoms with Crippen LogP contribution in [0.15, 0.2) is 48.5 Å². The van der Waals surface area contributed by atoms with E-state index in [9.17, 15) is 13.2 Å². The Hall–Kier alpha value is -2.25. The fourth-order valence-electron chi connectivity index (χ4n) is 2.99. The van der Waals surface area contributed by atoms with Crippen molar-refractivity contribution < 1.29 is 32.1 Å². The third-order valence-corrected chi connectivity index (χ3v) is 5.07. The van der Waals surface area contributed by atoms with Gasteiger partial charge in [-0.1, -0.05) is 24.3 Å². The molecule has 2 saturated heterocycles. The summed E-state index contributed by atoms with van der Waals surface area (Å²) in [7, 11) is 0. The lowest BCUT2D eigenvalue weighted by atomic mass is 9.75. The Balaban J connectivity index is 1.64. The van der Waals surface area contributed by atoms with Gasteiger partial charge in [0.25, 0.3) is 0 Å². The van der Waals surface area contributed by atoms with Crippen molar-refractivity contribution >= 4 is 0 Å². The second-order valence-electron chi connectivity index (χ2n) is 7.21. The zero-order valence-corrected chi connectivity index (χ0v) is 15.4. The molecular weight excluding hydrogens is 373 g/mol. The van der Waals surface area contributed by atoms with Crippen LogP contribution in [0, 0.1) is 0 Å². The molecule has 2 aliphatic rings. The highest BCUT2D eigenvalue weighted by Gasteiger charge is 2.53. The van der Waals surface area contributed by atoms with Crippen molar-refractivity contribution in [1.82, 2.24) is 0 Å². The van der Waals surface area contributed by atoms with Crippen LogP contribution in [-0.2, 0) is 14.9 Å². The van der Waals surface area contributed by atoms with Crippen LogP contribution in [0.1, 0.15) is 18.1 Å². The van der Waals surface area contributed by atoms with Crippen molar-refractivity contribution in [3.8, 4) is 11.5 Å². The van der Waals surface area contributed by atoms with E-state index in [1.165, 1.54) is 31.2 Å². The monoisotopic (exact) mass is 394 g/mol. The molecule has 4 nitrogen and oxygen atoms in total. The van der Waals surface area contributed by atoms with Crippen molar-refractivity contribution in [1.29, 1.82) is 0 Å². The van der Waals surface area contributed by atoms with Gasteiger partial charge >= 0.3 is 6.18 Å². The molecule has 7 heteroatoms. The number of ether oxygens (including phenoxy) is 4.